The maximum absolute atomic E-state index is 13.6. The van der Waals surface area contributed by atoms with Crippen LogP contribution in [-0.4, -0.2) is 15.8 Å². The van der Waals surface area contributed by atoms with E-state index in [0.717, 1.165) is 21.1 Å². The number of anilines is 1. The van der Waals surface area contributed by atoms with Gasteiger partial charge in [0.05, 0.1) is 15.5 Å². The topological polar surface area (TPSA) is 107 Å². The molecule has 9 heteroatoms. The smallest absolute Gasteiger partial charge is 0.269 e. The summed E-state index contributed by atoms with van der Waals surface area (Å²) in [6, 6.07) is 29.5. The zero-order valence-corrected chi connectivity index (χ0v) is 20.6. The molecule has 0 radical (unpaired) electrons. The highest BCUT2D eigenvalue weighted by molar-refractivity contribution is 7.99. The number of rotatable bonds is 7. The van der Waals surface area contributed by atoms with Crippen molar-refractivity contribution < 1.29 is 14.6 Å². The van der Waals surface area contributed by atoms with E-state index in [4.69, 9.17) is 0 Å². The van der Waals surface area contributed by atoms with Gasteiger partial charge in [-0.15, -0.1) is 0 Å². The second-order valence-electron chi connectivity index (χ2n) is 8.33. The van der Waals surface area contributed by atoms with Crippen LogP contribution in [0.5, 0.6) is 0 Å². The molecule has 0 unspecified atom stereocenters. The molecule has 5 rings (SSSR count). The fourth-order valence-electron chi connectivity index (χ4n) is 4.00. The largest absolute Gasteiger partial charge is 0.276 e. The number of carbonyl (C=O) groups is 1. The van der Waals surface area contributed by atoms with E-state index < -0.39 is 9.85 Å². The van der Waals surface area contributed by atoms with Crippen LogP contribution in [0.15, 0.2) is 125 Å². The molecule has 1 amide bonds. The van der Waals surface area contributed by atoms with Crippen molar-refractivity contribution in [2.45, 2.75) is 9.79 Å². The number of hydrogen-bond acceptors (Lipinski definition) is 6. The number of carbonyl (C=O) groups excluding carboxylic acids is 1. The monoisotopic (exact) mass is 521 g/mol. The second kappa shape index (κ2) is 10.5. The number of nitro groups is 2. The molecule has 0 fully saturated rings. The van der Waals surface area contributed by atoms with E-state index >= 15 is 0 Å². The Bertz CT molecular complexity index is 1580. The molecule has 38 heavy (non-hydrogen) atoms. The Balaban J connectivity index is 1.43. The summed E-state index contributed by atoms with van der Waals surface area (Å²) >= 11 is 1.46. The highest BCUT2D eigenvalue weighted by Gasteiger charge is 2.30. The zero-order chi connectivity index (χ0) is 26.6. The molecular weight excluding hydrogens is 502 g/mol. The molecule has 186 valence electrons. The lowest BCUT2D eigenvalue weighted by atomic mass is 10.1. The highest BCUT2D eigenvalue weighted by atomic mass is 32.2. The van der Waals surface area contributed by atoms with Crippen molar-refractivity contribution in [2.75, 3.05) is 4.90 Å². The molecule has 4 aromatic rings. The molecule has 1 heterocycles. The van der Waals surface area contributed by atoms with Gasteiger partial charge in [0.25, 0.3) is 17.3 Å². The Morgan fingerprint density at radius 3 is 1.76 bits per heavy atom. The third kappa shape index (κ3) is 5.23. The molecule has 0 spiro atoms. The van der Waals surface area contributed by atoms with Crippen LogP contribution in [0.4, 0.5) is 17.1 Å². The van der Waals surface area contributed by atoms with Gasteiger partial charge >= 0.3 is 0 Å². The van der Waals surface area contributed by atoms with Crippen LogP contribution >= 0.6 is 11.8 Å². The van der Waals surface area contributed by atoms with Gasteiger partial charge in [-0.05, 0) is 71.8 Å². The molecule has 0 saturated carbocycles. The summed E-state index contributed by atoms with van der Waals surface area (Å²) in [5.74, 6) is -0.210. The van der Waals surface area contributed by atoms with Gasteiger partial charge in [0.2, 0.25) is 0 Å². The van der Waals surface area contributed by atoms with Crippen LogP contribution in [0, 0.1) is 20.2 Å². The molecule has 1 aliphatic heterocycles. The average molecular weight is 522 g/mol. The second-order valence-corrected chi connectivity index (χ2v) is 9.48. The summed E-state index contributed by atoms with van der Waals surface area (Å²) in [6.45, 7) is 0. The Morgan fingerprint density at radius 1 is 0.684 bits per heavy atom. The van der Waals surface area contributed by atoms with Crippen molar-refractivity contribution in [2.24, 2.45) is 0 Å². The van der Waals surface area contributed by atoms with Gasteiger partial charge in [0, 0.05) is 45.3 Å². The number of nitrogens with zero attached hydrogens (tertiary/aromatic N) is 3. The molecule has 4 aromatic carbocycles. The van der Waals surface area contributed by atoms with Gasteiger partial charge in [-0.25, -0.2) is 0 Å². The van der Waals surface area contributed by atoms with Crippen LogP contribution < -0.4 is 4.90 Å². The van der Waals surface area contributed by atoms with E-state index in [1.54, 1.807) is 35.2 Å². The lowest BCUT2D eigenvalue weighted by molar-refractivity contribution is -0.385. The van der Waals surface area contributed by atoms with Gasteiger partial charge in [-0.3, -0.25) is 29.9 Å². The summed E-state index contributed by atoms with van der Waals surface area (Å²) in [5, 5.41) is 21.9. The number of amides is 1. The molecule has 8 nitrogen and oxygen atoms in total. The predicted octanol–water partition coefficient (Wildman–Crippen LogP) is 7.13. The highest BCUT2D eigenvalue weighted by Crippen LogP contribution is 2.37. The van der Waals surface area contributed by atoms with Crippen molar-refractivity contribution in [3.05, 3.63) is 146 Å². The van der Waals surface area contributed by atoms with Crippen molar-refractivity contribution in [1.82, 2.24) is 0 Å². The summed E-state index contributed by atoms with van der Waals surface area (Å²) in [7, 11) is 0. The van der Waals surface area contributed by atoms with Crippen LogP contribution in [0.25, 0.3) is 11.8 Å². The Labute approximate surface area is 221 Å². The number of hydrogen-bond donors (Lipinski definition) is 0. The minimum Gasteiger partial charge on any atom is -0.276 e. The number of non-ortho nitro benzene ring substituents is 2. The van der Waals surface area contributed by atoms with Crippen molar-refractivity contribution in [1.29, 1.82) is 0 Å². The van der Waals surface area contributed by atoms with Gasteiger partial charge in [0.15, 0.2) is 0 Å². The predicted molar refractivity (Wildman–Crippen MR) is 147 cm³/mol. The van der Waals surface area contributed by atoms with Crippen LogP contribution in [0.2, 0.25) is 0 Å². The van der Waals surface area contributed by atoms with Crippen molar-refractivity contribution in [3.63, 3.8) is 0 Å². The van der Waals surface area contributed by atoms with E-state index in [2.05, 4.69) is 0 Å². The molecule has 0 saturated heterocycles. The molecule has 0 atom stereocenters. The van der Waals surface area contributed by atoms with E-state index in [1.807, 2.05) is 60.7 Å². The van der Waals surface area contributed by atoms with Gasteiger partial charge in [-0.2, -0.15) is 0 Å². The van der Waals surface area contributed by atoms with Gasteiger partial charge in [-0.1, -0.05) is 42.1 Å². The first-order valence-electron chi connectivity index (χ1n) is 11.5. The lowest BCUT2D eigenvalue weighted by Gasteiger charge is -2.21. The van der Waals surface area contributed by atoms with E-state index in [1.165, 1.54) is 36.0 Å². The zero-order valence-electron chi connectivity index (χ0n) is 19.8. The minimum atomic E-state index is -0.462. The number of nitro benzene ring substituents is 2. The first kappa shape index (κ1) is 24.7. The summed E-state index contributed by atoms with van der Waals surface area (Å²) in [6.07, 6.45) is 3.53. The Kier molecular flexibility index (Phi) is 6.84. The summed E-state index contributed by atoms with van der Waals surface area (Å²) < 4.78 is 0. The van der Waals surface area contributed by atoms with E-state index in [9.17, 15) is 25.0 Å². The van der Waals surface area contributed by atoms with Crippen molar-refractivity contribution >= 4 is 46.5 Å². The quantitative estimate of drug-likeness (QED) is 0.146. The van der Waals surface area contributed by atoms with Gasteiger partial charge < -0.3 is 0 Å². The minimum absolute atomic E-state index is 0.0151. The third-order valence-corrected chi connectivity index (χ3v) is 6.87. The van der Waals surface area contributed by atoms with Crippen LogP contribution in [-0.2, 0) is 4.79 Å². The molecular formula is C29H19N3O5S. The molecule has 0 aromatic heterocycles. The maximum Gasteiger partial charge on any atom is 0.269 e. The van der Waals surface area contributed by atoms with Crippen molar-refractivity contribution in [3.8, 4) is 0 Å². The molecule has 1 aliphatic rings. The van der Waals surface area contributed by atoms with Crippen LogP contribution in [0.1, 0.15) is 11.1 Å². The fraction of sp³-hybridized carbons (Fsp3) is 0. The molecule has 0 bridgehead atoms. The van der Waals surface area contributed by atoms with Crippen LogP contribution in [0.3, 0.4) is 0 Å². The maximum atomic E-state index is 13.6. The van der Waals surface area contributed by atoms with Gasteiger partial charge in [0.1, 0.15) is 0 Å². The lowest BCUT2D eigenvalue weighted by Crippen LogP contribution is -2.24. The normalized spacial score (nSPS) is 14.0. The first-order chi connectivity index (χ1) is 18.4. The fourth-order valence-corrected chi connectivity index (χ4v) is 4.82. The Morgan fingerprint density at radius 2 is 1.21 bits per heavy atom. The first-order valence-corrected chi connectivity index (χ1v) is 12.3. The third-order valence-electron chi connectivity index (χ3n) is 5.86. The molecule has 0 aliphatic carbocycles. The average Bonchev–Trinajstić information content (AvgIpc) is 3.26. The molecule has 0 N–H and O–H groups in total. The SMILES string of the molecule is O=C1C(=Cc2ccc([N+](=O)[O-])cc2)C=C(c2ccccc2)N1c1ccc(Sc2ccc([N+](=O)[O-])cc2)cc1. The van der Waals surface area contributed by atoms with E-state index in [0.29, 0.717) is 16.8 Å². The Hall–Kier alpha value is -5.02. The number of benzene rings is 4. The summed E-state index contributed by atoms with van der Waals surface area (Å²) in [5.41, 5.74) is 3.44. The van der Waals surface area contributed by atoms with E-state index in [-0.39, 0.29) is 17.3 Å². The standard InChI is InChI=1S/C29H19N3O5S/c33-29-22(18-20-6-8-24(9-7-20)31(34)35)19-28(21-4-2-1-3-5-21)30(29)23-10-14-26(15-11-23)38-27-16-12-25(13-17-27)32(36)37/h1-19H. The summed E-state index contributed by atoms with van der Waals surface area (Å²) in [4.78, 5) is 38.0.